The van der Waals surface area contributed by atoms with Gasteiger partial charge in [0.2, 0.25) is 0 Å². The number of rotatable bonds is 6. The largest absolute Gasteiger partial charge is 0.329 e. The summed E-state index contributed by atoms with van der Waals surface area (Å²) < 4.78 is 15.5. The van der Waals surface area contributed by atoms with Crippen LogP contribution in [0.2, 0.25) is 0 Å². The number of imidazole rings is 1. The van der Waals surface area contributed by atoms with Crippen LogP contribution in [-0.2, 0) is 13.1 Å². The second kappa shape index (κ2) is 6.31. The molecule has 2 rings (SSSR count). The fourth-order valence-corrected chi connectivity index (χ4v) is 1.84. The van der Waals surface area contributed by atoms with Crippen molar-refractivity contribution in [2.75, 3.05) is 6.54 Å². The quantitative estimate of drug-likeness (QED) is 0.795. The van der Waals surface area contributed by atoms with Crippen LogP contribution in [-0.4, -0.2) is 16.1 Å². The predicted octanol–water partition coefficient (Wildman–Crippen LogP) is 2.57. The van der Waals surface area contributed by atoms with Crippen LogP contribution in [0.4, 0.5) is 4.39 Å². The van der Waals surface area contributed by atoms with Gasteiger partial charge in [-0.3, -0.25) is 0 Å². The summed E-state index contributed by atoms with van der Waals surface area (Å²) >= 11 is 0. The molecule has 0 aliphatic heterocycles. The summed E-state index contributed by atoms with van der Waals surface area (Å²) in [5.41, 5.74) is 1.76. The first kappa shape index (κ1) is 12.8. The molecule has 18 heavy (non-hydrogen) atoms. The molecule has 0 radical (unpaired) electrons. The van der Waals surface area contributed by atoms with Crippen LogP contribution in [0.25, 0.3) is 0 Å². The van der Waals surface area contributed by atoms with Crippen molar-refractivity contribution >= 4 is 0 Å². The molecular formula is C14H18FN3. The molecule has 0 fully saturated rings. The molecule has 0 unspecified atom stereocenters. The van der Waals surface area contributed by atoms with E-state index in [1.807, 2.05) is 16.8 Å². The van der Waals surface area contributed by atoms with Gasteiger partial charge < -0.3 is 9.88 Å². The summed E-state index contributed by atoms with van der Waals surface area (Å²) in [7, 11) is 0. The van der Waals surface area contributed by atoms with Crippen LogP contribution in [0.3, 0.4) is 0 Å². The zero-order valence-electron chi connectivity index (χ0n) is 10.6. The average Bonchev–Trinajstić information content (AvgIpc) is 2.80. The van der Waals surface area contributed by atoms with E-state index in [2.05, 4.69) is 17.2 Å². The van der Waals surface area contributed by atoms with E-state index in [4.69, 9.17) is 0 Å². The van der Waals surface area contributed by atoms with Crippen molar-refractivity contribution in [3.05, 3.63) is 53.9 Å². The molecule has 0 amide bonds. The third-order valence-electron chi connectivity index (χ3n) is 2.83. The molecule has 1 aromatic heterocycles. The highest BCUT2D eigenvalue weighted by atomic mass is 19.1. The molecular weight excluding hydrogens is 229 g/mol. The SMILES string of the molecule is CCCNCc1cncn1Cc1ccccc1F. The maximum Gasteiger partial charge on any atom is 0.128 e. The molecule has 0 saturated heterocycles. The summed E-state index contributed by atoms with van der Waals surface area (Å²) in [5, 5.41) is 3.32. The Bertz CT molecular complexity index is 493. The first-order chi connectivity index (χ1) is 8.81. The fraction of sp³-hybridized carbons (Fsp3) is 0.357. The van der Waals surface area contributed by atoms with Crippen LogP contribution >= 0.6 is 0 Å². The van der Waals surface area contributed by atoms with E-state index in [0.717, 1.165) is 25.2 Å². The van der Waals surface area contributed by atoms with Crippen LogP contribution in [0.5, 0.6) is 0 Å². The van der Waals surface area contributed by atoms with Gasteiger partial charge in [0.25, 0.3) is 0 Å². The van der Waals surface area contributed by atoms with Crippen molar-refractivity contribution in [1.29, 1.82) is 0 Å². The van der Waals surface area contributed by atoms with Crippen molar-refractivity contribution in [3.63, 3.8) is 0 Å². The molecule has 1 N–H and O–H groups in total. The standard InChI is InChI=1S/C14H18FN3/c1-2-7-16-8-13-9-17-11-18(13)10-12-5-3-4-6-14(12)15/h3-6,9,11,16H,2,7-8,10H2,1H3. The van der Waals surface area contributed by atoms with E-state index >= 15 is 0 Å². The fourth-order valence-electron chi connectivity index (χ4n) is 1.84. The highest BCUT2D eigenvalue weighted by Crippen LogP contribution is 2.10. The minimum Gasteiger partial charge on any atom is -0.329 e. The summed E-state index contributed by atoms with van der Waals surface area (Å²) in [4.78, 5) is 4.13. The molecule has 0 bridgehead atoms. The van der Waals surface area contributed by atoms with Gasteiger partial charge in [-0.15, -0.1) is 0 Å². The van der Waals surface area contributed by atoms with Crippen LogP contribution in [0.1, 0.15) is 24.6 Å². The lowest BCUT2D eigenvalue weighted by Crippen LogP contribution is -2.17. The second-order valence-corrected chi connectivity index (χ2v) is 4.28. The predicted molar refractivity (Wildman–Crippen MR) is 69.7 cm³/mol. The number of nitrogens with one attached hydrogen (secondary N) is 1. The molecule has 96 valence electrons. The van der Waals surface area contributed by atoms with Crippen molar-refractivity contribution in [1.82, 2.24) is 14.9 Å². The van der Waals surface area contributed by atoms with Crippen molar-refractivity contribution in [3.8, 4) is 0 Å². The Balaban J connectivity index is 2.05. The van der Waals surface area contributed by atoms with E-state index in [0.29, 0.717) is 12.1 Å². The smallest absolute Gasteiger partial charge is 0.128 e. The topological polar surface area (TPSA) is 29.9 Å². The second-order valence-electron chi connectivity index (χ2n) is 4.28. The van der Waals surface area contributed by atoms with Crippen LogP contribution in [0.15, 0.2) is 36.8 Å². The molecule has 0 aliphatic rings. The van der Waals surface area contributed by atoms with E-state index < -0.39 is 0 Å². The van der Waals surface area contributed by atoms with Crippen LogP contribution in [0, 0.1) is 5.82 Å². The molecule has 0 saturated carbocycles. The normalized spacial score (nSPS) is 10.8. The highest BCUT2D eigenvalue weighted by Gasteiger charge is 2.05. The Labute approximate surface area is 107 Å². The summed E-state index contributed by atoms with van der Waals surface area (Å²) in [5.74, 6) is -0.168. The maximum atomic E-state index is 13.6. The van der Waals surface area contributed by atoms with Crippen molar-refractivity contribution < 1.29 is 4.39 Å². The van der Waals surface area contributed by atoms with Crippen LogP contribution < -0.4 is 5.32 Å². The van der Waals surface area contributed by atoms with Gasteiger partial charge in [-0.25, -0.2) is 9.37 Å². The number of aromatic nitrogens is 2. The van der Waals surface area contributed by atoms with E-state index in [-0.39, 0.29) is 5.82 Å². The number of nitrogens with zero attached hydrogens (tertiary/aromatic N) is 2. The number of hydrogen-bond acceptors (Lipinski definition) is 2. The molecule has 0 atom stereocenters. The van der Waals surface area contributed by atoms with Gasteiger partial charge in [0.05, 0.1) is 18.6 Å². The molecule has 2 aromatic rings. The Hall–Kier alpha value is -1.68. The summed E-state index contributed by atoms with van der Waals surface area (Å²) in [6, 6.07) is 6.85. The van der Waals surface area contributed by atoms with Gasteiger partial charge in [-0.05, 0) is 19.0 Å². The van der Waals surface area contributed by atoms with Gasteiger partial charge >= 0.3 is 0 Å². The average molecular weight is 247 g/mol. The number of hydrogen-bond donors (Lipinski definition) is 1. The molecule has 3 nitrogen and oxygen atoms in total. The van der Waals surface area contributed by atoms with E-state index in [9.17, 15) is 4.39 Å². The Morgan fingerprint density at radius 1 is 1.33 bits per heavy atom. The van der Waals surface area contributed by atoms with Gasteiger partial charge in [-0.2, -0.15) is 0 Å². The van der Waals surface area contributed by atoms with Gasteiger partial charge in [0.1, 0.15) is 5.82 Å². The summed E-state index contributed by atoms with van der Waals surface area (Å²) in [6.07, 6.45) is 4.67. The lowest BCUT2D eigenvalue weighted by atomic mass is 10.2. The van der Waals surface area contributed by atoms with Gasteiger partial charge in [0.15, 0.2) is 0 Å². The zero-order chi connectivity index (χ0) is 12.8. The van der Waals surface area contributed by atoms with E-state index in [1.165, 1.54) is 6.07 Å². The third kappa shape index (κ3) is 3.17. The Morgan fingerprint density at radius 2 is 2.17 bits per heavy atom. The summed E-state index contributed by atoms with van der Waals surface area (Å²) in [6.45, 7) is 4.40. The third-order valence-corrected chi connectivity index (χ3v) is 2.83. The molecule has 0 aliphatic carbocycles. The van der Waals surface area contributed by atoms with Crippen molar-refractivity contribution in [2.45, 2.75) is 26.4 Å². The Morgan fingerprint density at radius 3 is 2.94 bits per heavy atom. The van der Waals surface area contributed by atoms with Gasteiger partial charge in [0, 0.05) is 18.3 Å². The minimum atomic E-state index is -0.168. The molecule has 1 aromatic carbocycles. The van der Waals surface area contributed by atoms with Gasteiger partial charge in [-0.1, -0.05) is 25.1 Å². The van der Waals surface area contributed by atoms with E-state index in [1.54, 1.807) is 18.5 Å². The Kier molecular flexibility index (Phi) is 4.47. The van der Waals surface area contributed by atoms with Crippen molar-refractivity contribution in [2.24, 2.45) is 0 Å². The monoisotopic (exact) mass is 247 g/mol. The minimum absolute atomic E-state index is 0.168. The highest BCUT2D eigenvalue weighted by molar-refractivity contribution is 5.18. The maximum absolute atomic E-state index is 13.6. The first-order valence-corrected chi connectivity index (χ1v) is 6.24. The molecule has 4 heteroatoms. The first-order valence-electron chi connectivity index (χ1n) is 6.24. The zero-order valence-corrected chi connectivity index (χ0v) is 10.6. The number of halogens is 1. The number of benzene rings is 1. The molecule has 1 heterocycles. The lowest BCUT2D eigenvalue weighted by molar-refractivity contribution is 0.586. The lowest BCUT2D eigenvalue weighted by Gasteiger charge is -2.09. The molecule has 0 spiro atoms.